The number of carbonyl (C=O) groups excluding carboxylic acids is 1. The number of amides is 1. The van der Waals surface area contributed by atoms with Gasteiger partial charge < -0.3 is 4.90 Å². The van der Waals surface area contributed by atoms with E-state index in [0.717, 1.165) is 9.14 Å². The average molecular weight is 511 g/mol. The quantitative estimate of drug-likeness (QED) is 0.237. The van der Waals surface area contributed by atoms with Crippen LogP contribution in [-0.4, -0.2) is 22.5 Å². The van der Waals surface area contributed by atoms with E-state index in [1.54, 1.807) is 18.2 Å². The maximum absolute atomic E-state index is 14.0. The Balaban J connectivity index is 1.85. The lowest BCUT2D eigenvalue weighted by molar-refractivity contribution is 0.0997. The van der Waals surface area contributed by atoms with Gasteiger partial charge in [0.25, 0.3) is 5.91 Å². The van der Waals surface area contributed by atoms with Gasteiger partial charge in [0, 0.05) is 21.9 Å². The van der Waals surface area contributed by atoms with E-state index in [1.165, 1.54) is 0 Å². The third-order valence-corrected chi connectivity index (χ3v) is 4.96. The number of benzene rings is 2. The van der Waals surface area contributed by atoms with Crippen LogP contribution in [0.1, 0.15) is 21.5 Å². The van der Waals surface area contributed by atoms with Gasteiger partial charge in [0.05, 0.1) is 5.56 Å². The van der Waals surface area contributed by atoms with Crippen LogP contribution in [0.3, 0.4) is 0 Å². The summed E-state index contributed by atoms with van der Waals surface area (Å²) in [6, 6.07) is 7.32. The summed E-state index contributed by atoms with van der Waals surface area (Å²) in [7, 11) is 0. The molecule has 0 saturated heterocycles. The Morgan fingerprint density at radius 2 is 1.83 bits per heavy atom. The van der Waals surface area contributed by atoms with Crippen molar-refractivity contribution in [1.29, 1.82) is 0 Å². The molecule has 146 valence electrons. The Labute approximate surface area is 176 Å². The fraction of sp³-hybridized carbons (Fsp3) is 0.0500. The maximum Gasteiger partial charge on any atom is 0.282 e. The van der Waals surface area contributed by atoms with E-state index >= 15 is 0 Å². The van der Waals surface area contributed by atoms with E-state index in [9.17, 15) is 22.4 Å². The number of hydrogen-bond acceptors (Lipinski definition) is 2. The molecule has 2 heterocycles. The van der Waals surface area contributed by atoms with Gasteiger partial charge in [-0.2, -0.15) is 4.99 Å². The van der Waals surface area contributed by atoms with Gasteiger partial charge in [0.2, 0.25) is 0 Å². The number of nitrogens with zero attached hydrogens (tertiary/aromatic N) is 3. The molecular weight excluding hydrogens is 501 g/mol. The van der Waals surface area contributed by atoms with E-state index in [-0.39, 0.29) is 11.9 Å². The van der Waals surface area contributed by atoms with Gasteiger partial charge in [-0.25, -0.2) is 22.6 Å². The van der Waals surface area contributed by atoms with Gasteiger partial charge in [-0.15, -0.1) is 0 Å². The number of fused-ring (bicyclic) bond motifs is 2. The van der Waals surface area contributed by atoms with Crippen molar-refractivity contribution in [2.45, 2.75) is 6.54 Å². The first-order chi connectivity index (χ1) is 13.8. The Hall–Kier alpha value is -2.82. The van der Waals surface area contributed by atoms with Crippen molar-refractivity contribution in [3.05, 3.63) is 92.2 Å². The van der Waals surface area contributed by atoms with E-state index in [4.69, 9.17) is 0 Å². The lowest BCUT2D eigenvalue weighted by atomic mass is 10.1. The van der Waals surface area contributed by atoms with Crippen LogP contribution in [0.4, 0.5) is 17.6 Å². The fourth-order valence-electron chi connectivity index (χ4n) is 2.93. The predicted molar refractivity (Wildman–Crippen MR) is 108 cm³/mol. The van der Waals surface area contributed by atoms with Crippen LogP contribution in [0.15, 0.2) is 62.2 Å². The van der Waals surface area contributed by atoms with E-state index in [1.807, 2.05) is 29.3 Å². The number of allylic oxidation sites excluding steroid dienone is 2. The van der Waals surface area contributed by atoms with E-state index in [0.29, 0.717) is 17.9 Å². The van der Waals surface area contributed by atoms with Gasteiger partial charge in [0.1, 0.15) is 5.84 Å². The molecule has 0 N–H and O–H groups in total. The minimum absolute atomic E-state index is 0.0393. The Kier molecular flexibility index (Phi) is 5.07. The second kappa shape index (κ2) is 7.54. The molecule has 0 bridgehead atoms. The fourth-order valence-corrected chi connectivity index (χ4v) is 3.45. The summed E-state index contributed by atoms with van der Waals surface area (Å²) >= 11 is 2.15. The topological polar surface area (TPSA) is 45.0 Å². The molecule has 4 nitrogen and oxygen atoms in total. The van der Waals surface area contributed by atoms with Crippen molar-refractivity contribution in [1.82, 2.24) is 4.90 Å². The monoisotopic (exact) mass is 511 g/mol. The van der Waals surface area contributed by atoms with Crippen LogP contribution in [-0.2, 0) is 6.54 Å². The Morgan fingerprint density at radius 1 is 1.07 bits per heavy atom. The van der Waals surface area contributed by atoms with E-state index < -0.39 is 34.7 Å². The summed E-state index contributed by atoms with van der Waals surface area (Å²) in [5.74, 6) is -8.36. The van der Waals surface area contributed by atoms with Crippen molar-refractivity contribution in [3.8, 4) is 0 Å². The summed E-state index contributed by atoms with van der Waals surface area (Å²) in [5.41, 5.74) is 0.301. The minimum atomic E-state index is -2.07. The van der Waals surface area contributed by atoms with Crippen molar-refractivity contribution in [2.75, 3.05) is 0 Å². The van der Waals surface area contributed by atoms with Gasteiger partial charge >= 0.3 is 0 Å². The zero-order valence-electron chi connectivity index (χ0n) is 14.5. The summed E-state index contributed by atoms with van der Waals surface area (Å²) in [6.07, 6.45) is 5.41. The van der Waals surface area contributed by atoms with Crippen molar-refractivity contribution in [2.24, 2.45) is 9.98 Å². The smallest absolute Gasteiger partial charge is 0.282 e. The molecule has 0 radical (unpaired) electrons. The van der Waals surface area contributed by atoms with Crippen LogP contribution >= 0.6 is 22.6 Å². The predicted octanol–water partition coefficient (Wildman–Crippen LogP) is 4.89. The highest BCUT2D eigenvalue weighted by molar-refractivity contribution is 14.1. The SMILES string of the molecule is O=C(N=C1N=C2C=CC(I)=CN2Cc2ccccc21)c1cc(F)c(F)c(F)c1F. The largest absolute Gasteiger partial charge is 0.327 e. The van der Waals surface area contributed by atoms with E-state index in [2.05, 4.69) is 32.6 Å². The van der Waals surface area contributed by atoms with Crippen molar-refractivity contribution in [3.63, 3.8) is 0 Å². The first-order valence-corrected chi connectivity index (χ1v) is 9.38. The third-order valence-electron chi connectivity index (χ3n) is 4.32. The first kappa shape index (κ1) is 19.5. The van der Waals surface area contributed by atoms with Crippen molar-refractivity contribution < 1.29 is 22.4 Å². The first-order valence-electron chi connectivity index (χ1n) is 8.30. The zero-order chi connectivity index (χ0) is 20.7. The zero-order valence-corrected chi connectivity index (χ0v) is 16.6. The molecule has 2 aromatic rings. The molecule has 0 atom stereocenters. The summed E-state index contributed by atoms with van der Waals surface area (Å²) in [4.78, 5) is 22.5. The lowest BCUT2D eigenvalue weighted by Crippen LogP contribution is -2.24. The van der Waals surface area contributed by atoms with Gasteiger partial charge in [-0.3, -0.25) is 4.79 Å². The number of hydrogen-bond donors (Lipinski definition) is 0. The highest BCUT2D eigenvalue weighted by Gasteiger charge is 2.25. The molecular formula is C20H10F4IN3O. The van der Waals surface area contributed by atoms with Crippen molar-refractivity contribution >= 4 is 40.2 Å². The minimum Gasteiger partial charge on any atom is -0.327 e. The molecule has 29 heavy (non-hydrogen) atoms. The van der Waals surface area contributed by atoms with Gasteiger partial charge in [-0.05, 0) is 46.4 Å². The Morgan fingerprint density at radius 3 is 2.62 bits per heavy atom. The molecule has 0 aliphatic carbocycles. The van der Waals surface area contributed by atoms with Crippen LogP contribution in [0.2, 0.25) is 0 Å². The second-order valence-electron chi connectivity index (χ2n) is 6.19. The standard InChI is InChI=1S/C20H10F4IN3O/c21-14-7-13(16(22)18(24)17(14)23)20(29)27-19-12-4-2-1-3-10(12)8-28-9-11(25)5-6-15(28)26-19/h1-7,9H,8H2. The average Bonchev–Trinajstić information content (AvgIpc) is 2.85. The van der Waals surface area contributed by atoms with Crippen LogP contribution in [0.5, 0.6) is 0 Å². The normalized spacial score (nSPS) is 16.7. The number of aliphatic imine (C=N–C) groups is 2. The number of carbonyl (C=O) groups is 1. The van der Waals surface area contributed by atoms with Gasteiger partial charge in [0.15, 0.2) is 29.1 Å². The molecule has 0 unspecified atom stereocenters. The maximum atomic E-state index is 14.0. The highest BCUT2D eigenvalue weighted by atomic mass is 127. The molecule has 0 saturated carbocycles. The molecule has 0 aromatic heterocycles. The molecule has 9 heteroatoms. The summed E-state index contributed by atoms with van der Waals surface area (Å²) in [6.45, 7) is 0.452. The lowest BCUT2D eigenvalue weighted by Gasteiger charge is -2.21. The number of rotatable bonds is 1. The second-order valence-corrected chi connectivity index (χ2v) is 7.44. The Bertz CT molecular complexity index is 1170. The molecule has 2 aliphatic rings. The third kappa shape index (κ3) is 3.61. The molecule has 0 spiro atoms. The van der Waals surface area contributed by atoms with Crippen LogP contribution < -0.4 is 0 Å². The molecule has 1 amide bonds. The summed E-state index contributed by atoms with van der Waals surface area (Å²) in [5, 5.41) is 0. The highest BCUT2D eigenvalue weighted by Crippen LogP contribution is 2.25. The molecule has 2 aromatic carbocycles. The molecule has 4 rings (SSSR count). The number of amidine groups is 2. The van der Waals surface area contributed by atoms with Gasteiger partial charge in [-0.1, -0.05) is 24.3 Å². The van der Waals surface area contributed by atoms with Crippen LogP contribution in [0.25, 0.3) is 0 Å². The molecule has 0 fully saturated rings. The van der Waals surface area contributed by atoms with Crippen LogP contribution in [0, 0.1) is 23.3 Å². The number of halogens is 5. The molecule has 2 aliphatic heterocycles. The summed E-state index contributed by atoms with van der Waals surface area (Å²) < 4.78 is 55.1.